The highest BCUT2D eigenvalue weighted by molar-refractivity contribution is 7.89. The zero-order valence-corrected chi connectivity index (χ0v) is 13.4. The molecule has 0 spiro atoms. The third-order valence-electron chi connectivity index (χ3n) is 4.17. The summed E-state index contributed by atoms with van der Waals surface area (Å²) in [4.78, 5) is 2.15. The Bertz CT molecular complexity index is 595. The van der Waals surface area contributed by atoms with E-state index in [1.165, 1.54) is 12.8 Å². The van der Waals surface area contributed by atoms with Crippen LogP contribution in [0.3, 0.4) is 0 Å². The Hall–Kier alpha value is -0.960. The van der Waals surface area contributed by atoms with Crippen LogP contribution < -0.4 is 5.32 Å². The summed E-state index contributed by atoms with van der Waals surface area (Å²) in [5.41, 5.74) is 0.730. The van der Waals surface area contributed by atoms with E-state index >= 15 is 0 Å². The number of hydrogen-bond acceptors (Lipinski definition) is 5. The van der Waals surface area contributed by atoms with Crippen molar-refractivity contribution in [3.8, 4) is 0 Å². The van der Waals surface area contributed by atoms with Crippen molar-refractivity contribution in [2.24, 2.45) is 0 Å². The Morgan fingerprint density at radius 2 is 2.19 bits per heavy atom. The van der Waals surface area contributed by atoms with Gasteiger partial charge in [0.1, 0.15) is 0 Å². The lowest BCUT2D eigenvalue weighted by molar-refractivity contribution is 0.170. The molecule has 8 heteroatoms. The van der Waals surface area contributed by atoms with Gasteiger partial charge in [0.05, 0.1) is 6.20 Å². The average molecular weight is 313 g/mol. The lowest BCUT2D eigenvalue weighted by Gasteiger charge is -2.36. The molecular weight excluding hydrogens is 290 g/mol. The molecular formula is C13H23N5O2S. The molecule has 0 radical (unpaired) electrons. The largest absolute Gasteiger partial charge is 0.310 e. The molecule has 2 heterocycles. The fourth-order valence-electron chi connectivity index (χ4n) is 2.79. The van der Waals surface area contributed by atoms with Crippen LogP contribution in [0.5, 0.6) is 0 Å². The second-order valence-corrected chi connectivity index (χ2v) is 7.93. The van der Waals surface area contributed by atoms with Gasteiger partial charge in [0.2, 0.25) is 0 Å². The van der Waals surface area contributed by atoms with Gasteiger partial charge in [0.15, 0.2) is 5.03 Å². The molecule has 1 saturated carbocycles. The summed E-state index contributed by atoms with van der Waals surface area (Å²) in [7, 11) is -1.49. The third-order valence-corrected chi connectivity index (χ3v) is 6.20. The minimum Gasteiger partial charge on any atom is -0.310 e. The van der Waals surface area contributed by atoms with E-state index in [1.54, 1.807) is 10.5 Å². The van der Waals surface area contributed by atoms with E-state index in [0.717, 1.165) is 18.7 Å². The number of rotatable bonds is 5. The van der Waals surface area contributed by atoms with E-state index in [0.29, 0.717) is 19.1 Å². The van der Waals surface area contributed by atoms with E-state index in [9.17, 15) is 8.42 Å². The number of H-pyrrole nitrogens is 1. The second kappa shape index (κ2) is 5.68. The summed E-state index contributed by atoms with van der Waals surface area (Å²) < 4.78 is 27.3. The van der Waals surface area contributed by atoms with E-state index in [-0.39, 0.29) is 11.1 Å². The molecule has 1 atom stereocenters. The average Bonchev–Trinajstić information content (AvgIpc) is 3.12. The number of piperazine rings is 1. The summed E-state index contributed by atoms with van der Waals surface area (Å²) in [6, 6.07) is 0.513. The first-order valence-electron chi connectivity index (χ1n) is 7.44. The van der Waals surface area contributed by atoms with Crippen molar-refractivity contribution in [3.05, 3.63) is 11.8 Å². The molecule has 1 aromatic rings. The number of aromatic amines is 1. The Labute approximate surface area is 125 Å². The fraction of sp³-hybridized carbons (Fsp3) is 0.769. The lowest BCUT2D eigenvalue weighted by atomic mass is 10.2. The van der Waals surface area contributed by atoms with E-state index in [2.05, 4.69) is 20.4 Å². The van der Waals surface area contributed by atoms with Crippen molar-refractivity contribution >= 4 is 10.0 Å². The standard InChI is InChI=1S/C13H23N5O2S/c1-10-9-17(2)5-6-18(10)21(19,20)13-11(8-15-16-13)7-14-12-3-4-12/h8,10,12,14H,3-7,9H2,1-2H3,(H,15,16). The quantitative estimate of drug-likeness (QED) is 0.799. The van der Waals surface area contributed by atoms with Crippen LogP contribution in [0.1, 0.15) is 25.3 Å². The Morgan fingerprint density at radius 1 is 1.43 bits per heavy atom. The predicted octanol–water partition coefficient (Wildman–Crippen LogP) is -0.0137. The van der Waals surface area contributed by atoms with Gasteiger partial charge < -0.3 is 10.2 Å². The maximum atomic E-state index is 12.9. The first-order chi connectivity index (χ1) is 9.98. The lowest BCUT2D eigenvalue weighted by Crippen LogP contribution is -2.52. The second-order valence-electron chi connectivity index (χ2n) is 6.11. The number of nitrogens with zero attached hydrogens (tertiary/aromatic N) is 3. The van der Waals surface area contributed by atoms with Gasteiger partial charge in [0, 0.05) is 43.8 Å². The van der Waals surface area contributed by atoms with Crippen LogP contribution in [-0.2, 0) is 16.6 Å². The van der Waals surface area contributed by atoms with E-state index in [4.69, 9.17) is 0 Å². The minimum atomic E-state index is -3.50. The SMILES string of the molecule is CC1CN(C)CCN1S(=O)(=O)c1[nH]ncc1CNC1CC1. The number of aromatic nitrogens is 2. The molecule has 1 unspecified atom stereocenters. The molecule has 1 aliphatic carbocycles. The van der Waals surface area contributed by atoms with Gasteiger partial charge >= 0.3 is 0 Å². The monoisotopic (exact) mass is 313 g/mol. The van der Waals surface area contributed by atoms with Gasteiger partial charge in [-0.2, -0.15) is 9.40 Å². The normalized spacial score (nSPS) is 25.3. The van der Waals surface area contributed by atoms with Gasteiger partial charge in [-0.3, -0.25) is 5.10 Å². The van der Waals surface area contributed by atoms with E-state index < -0.39 is 10.0 Å². The molecule has 1 saturated heterocycles. The molecule has 0 amide bonds. The first kappa shape index (κ1) is 15.0. The van der Waals surface area contributed by atoms with Crippen molar-refractivity contribution in [3.63, 3.8) is 0 Å². The van der Waals surface area contributed by atoms with Gasteiger partial charge in [-0.1, -0.05) is 0 Å². The molecule has 2 N–H and O–H groups in total. The van der Waals surface area contributed by atoms with Gasteiger partial charge in [-0.05, 0) is 26.8 Å². The molecule has 2 aliphatic rings. The Kier molecular flexibility index (Phi) is 4.04. The summed E-state index contributed by atoms with van der Waals surface area (Å²) >= 11 is 0. The summed E-state index contributed by atoms with van der Waals surface area (Å²) in [5, 5.41) is 10.2. The van der Waals surface area contributed by atoms with Crippen molar-refractivity contribution in [1.29, 1.82) is 0 Å². The zero-order valence-electron chi connectivity index (χ0n) is 12.5. The smallest absolute Gasteiger partial charge is 0.260 e. The van der Waals surface area contributed by atoms with E-state index in [1.807, 2.05) is 14.0 Å². The number of nitrogens with one attached hydrogen (secondary N) is 2. The molecule has 7 nitrogen and oxygen atoms in total. The first-order valence-corrected chi connectivity index (χ1v) is 8.88. The number of hydrogen-bond donors (Lipinski definition) is 2. The fourth-order valence-corrected chi connectivity index (χ4v) is 4.51. The molecule has 21 heavy (non-hydrogen) atoms. The van der Waals surface area contributed by atoms with Gasteiger partial charge in [-0.25, -0.2) is 8.42 Å². The summed E-state index contributed by atoms with van der Waals surface area (Å²) in [5.74, 6) is 0. The molecule has 1 aromatic heterocycles. The number of sulfonamides is 1. The van der Waals surface area contributed by atoms with Gasteiger partial charge in [-0.15, -0.1) is 0 Å². The highest BCUT2D eigenvalue weighted by Crippen LogP contribution is 2.24. The maximum absolute atomic E-state index is 12.9. The molecule has 3 rings (SSSR count). The van der Waals surface area contributed by atoms with Crippen LogP contribution in [0, 0.1) is 0 Å². The van der Waals surface area contributed by atoms with Crippen LogP contribution in [-0.4, -0.2) is 66.6 Å². The van der Waals surface area contributed by atoms with Crippen molar-refractivity contribution in [2.75, 3.05) is 26.7 Å². The molecule has 2 fully saturated rings. The van der Waals surface area contributed by atoms with Crippen molar-refractivity contribution in [1.82, 2.24) is 24.7 Å². The summed E-state index contributed by atoms with van der Waals surface area (Å²) in [6.07, 6.45) is 3.97. The predicted molar refractivity (Wildman–Crippen MR) is 79.3 cm³/mol. The topological polar surface area (TPSA) is 81.3 Å². The maximum Gasteiger partial charge on any atom is 0.260 e. The molecule has 1 aliphatic heterocycles. The highest BCUT2D eigenvalue weighted by atomic mass is 32.2. The molecule has 118 valence electrons. The molecule has 0 aromatic carbocycles. The van der Waals surface area contributed by atoms with Crippen molar-refractivity contribution in [2.45, 2.75) is 43.4 Å². The minimum absolute atomic E-state index is 0.0266. The van der Waals surface area contributed by atoms with Crippen LogP contribution >= 0.6 is 0 Å². The van der Waals surface area contributed by atoms with Crippen LogP contribution in [0.2, 0.25) is 0 Å². The Morgan fingerprint density at radius 3 is 2.86 bits per heavy atom. The summed E-state index contributed by atoms with van der Waals surface area (Å²) in [6.45, 7) is 4.54. The highest BCUT2D eigenvalue weighted by Gasteiger charge is 2.35. The Balaban J connectivity index is 1.79. The van der Waals surface area contributed by atoms with Gasteiger partial charge in [0.25, 0.3) is 10.0 Å². The van der Waals surface area contributed by atoms with Crippen LogP contribution in [0.25, 0.3) is 0 Å². The zero-order chi connectivity index (χ0) is 15.0. The van der Waals surface area contributed by atoms with Crippen molar-refractivity contribution < 1.29 is 8.42 Å². The van der Waals surface area contributed by atoms with Crippen LogP contribution in [0.4, 0.5) is 0 Å². The third kappa shape index (κ3) is 3.13. The number of likely N-dealkylation sites (N-methyl/N-ethyl adjacent to an activating group) is 1. The molecule has 0 bridgehead atoms. The van der Waals surface area contributed by atoms with Crippen LogP contribution in [0.15, 0.2) is 11.2 Å².